The summed E-state index contributed by atoms with van der Waals surface area (Å²) < 4.78 is 10.9. The molecule has 2 aromatic rings. The number of nitrogen functional groups attached to an aromatic ring is 1. The van der Waals surface area contributed by atoms with E-state index in [2.05, 4.69) is 0 Å². The van der Waals surface area contributed by atoms with Gasteiger partial charge in [-0.05, 0) is 23.8 Å². The molecule has 0 radical (unpaired) electrons. The van der Waals surface area contributed by atoms with Gasteiger partial charge in [0.25, 0.3) is 0 Å². The lowest BCUT2D eigenvalue weighted by Crippen LogP contribution is -1.98. The third-order valence-corrected chi connectivity index (χ3v) is 2.67. The number of hydrogen-bond donors (Lipinski definition) is 1. The summed E-state index contributed by atoms with van der Waals surface area (Å²) in [4.78, 5) is 0. The maximum atomic E-state index is 5.75. The summed E-state index contributed by atoms with van der Waals surface area (Å²) in [5.74, 6) is 0.803. The van der Waals surface area contributed by atoms with Gasteiger partial charge in [-0.15, -0.1) is 0 Å². The Kier molecular flexibility index (Phi) is 4.20. The first-order valence-corrected chi connectivity index (χ1v) is 5.83. The number of anilines is 1. The summed E-state index contributed by atoms with van der Waals surface area (Å²) in [6.07, 6.45) is 0. The van der Waals surface area contributed by atoms with Crippen molar-refractivity contribution in [2.45, 2.75) is 13.2 Å². The first-order valence-electron chi connectivity index (χ1n) is 5.83. The lowest BCUT2D eigenvalue weighted by molar-refractivity contribution is 0.105. The fourth-order valence-electron chi connectivity index (χ4n) is 1.76. The van der Waals surface area contributed by atoms with E-state index < -0.39 is 0 Å². The van der Waals surface area contributed by atoms with Crippen LogP contribution in [0.2, 0.25) is 0 Å². The smallest absolute Gasteiger partial charge is 0.124 e. The number of nitrogens with two attached hydrogens (primary N) is 1. The Bertz CT molecular complexity index is 497. The van der Waals surface area contributed by atoms with E-state index in [1.54, 1.807) is 7.11 Å². The second-order valence-electron chi connectivity index (χ2n) is 4.05. The molecule has 18 heavy (non-hydrogen) atoms. The van der Waals surface area contributed by atoms with Gasteiger partial charge in [0.15, 0.2) is 0 Å². The van der Waals surface area contributed by atoms with Crippen LogP contribution in [0.1, 0.15) is 11.1 Å². The summed E-state index contributed by atoms with van der Waals surface area (Å²) in [7, 11) is 1.65. The quantitative estimate of drug-likeness (QED) is 0.821. The highest BCUT2D eigenvalue weighted by molar-refractivity contribution is 5.47. The molecule has 0 spiro atoms. The van der Waals surface area contributed by atoms with Crippen molar-refractivity contribution in [1.82, 2.24) is 0 Å². The molecule has 0 aliphatic carbocycles. The van der Waals surface area contributed by atoms with Crippen molar-refractivity contribution in [1.29, 1.82) is 0 Å². The normalized spacial score (nSPS) is 10.3. The molecule has 3 nitrogen and oxygen atoms in total. The number of benzene rings is 2. The predicted octanol–water partition coefficient (Wildman–Crippen LogP) is 2.99. The minimum atomic E-state index is 0.489. The Labute approximate surface area is 107 Å². The molecule has 0 heterocycles. The van der Waals surface area contributed by atoms with E-state index in [0.717, 1.165) is 16.9 Å². The standard InChI is InChI=1S/C15H17NO2/c1-17-15-8-7-14(16)9-13(15)11-18-10-12-5-3-2-4-6-12/h2-9H,10-11,16H2,1H3. The van der Waals surface area contributed by atoms with Crippen LogP contribution in [0.5, 0.6) is 5.75 Å². The molecule has 2 rings (SSSR count). The molecule has 0 fully saturated rings. The number of methoxy groups -OCH3 is 1. The van der Waals surface area contributed by atoms with Crippen molar-refractivity contribution < 1.29 is 9.47 Å². The van der Waals surface area contributed by atoms with Crippen LogP contribution in [-0.4, -0.2) is 7.11 Å². The summed E-state index contributed by atoms with van der Waals surface area (Å²) >= 11 is 0. The molecular weight excluding hydrogens is 226 g/mol. The largest absolute Gasteiger partial charge is 0.496 e. The Morgan fingerprint density at radius 2 is 1.78 bits per heavy atom. The SMILES string of the molecule is COc1ccc(N)cc1COCc1ccccc1. The van der Waals surface area contributed by atoms with Crippen LogP contribution in [0.25, 0.3) is 0 Å². The number of hydrogen-bond acceptors (Lipinski definition) is 3. The minimum absolute atomic E-state index is 0.489. The summed E-state index contributed by atoms with van der Waals surface area (Å²) in [5, 5.41) is 0. The van der Waals surface area contributed by atoms with Gasteiger partial charge in [-0.1, -0.05) is 30.3 Å². The maximum Gasteiger partial charge on any atom is 0.124 e. The van der Waals surface area contributed by atoms with Crippen LogP contribution in [0.15, 0.2) is 48.5 Å². The second kappa shape index (κ2) is 6.07. The molecule has 0 unspecified atom stereocenters. The third kappa shape index (κ3) is 3.25. The zero-order valence-corrected chi connectivity index (χ0v) is 10.4. The van der Waals surface area contributed by atoms with Gasteiger partial charge < -0.3 is 15.2 Å². The maximum absolute atomic E-state index is 5.75. The fourth-order valence-corrected chi connectivity index (χ4v) is 1.76. The Balaban J connectivity index is 1.96. The molecule has 0 aliphatic rings. The molecule has 0 aliphatic heterocycles. The third-order valence-electron chi connectivity index (χ3n) is 2.67. The highest BCUT2D eigenvalue weighted by atomic mass is 16.5. The van der Waals surface area contributed by atoms with Gasteiger partial charge in [0, 0.05) is 11.3 Å². The van der Waals surface area contributed by atoms with Crippen molar-refractivity contribution in [2.24, 2.45) is 0 Å². The molecule has 0 amide bonds. The monoisotopic (exact) mass is 243 g/mol. The van der Waals surface area contributed by atoms with E-state index in [0.29, 0.717) is 18.9 Å². The summed E-state index contributed by atoms with van der Waals surface area (Å²) in [6, 6.07) is 15.6. The summed E-state index contributed by atoms with van der Waals surface area (Å²) in [5.41, 5.74) is 8.59. The van der Waals surface area contributed by atoms with Gasteiger partial charge in [-0.25, -0.2) is 0 Å². The minimum Gasteiger partial charge on any atom is -0.496 e. The van der Waals surface area contributed by atoms with E-state index in [1.165, 1.54) is 0 Å². The Morgan fingerprint density at radius 1 is 1.00 bits per heavy atom. The van der Waals surface area contributed by atoms with Crippen molar-refractivity contribution >= 4 is 5.69 Å². The first kappa shape index (κ1) is 12.5. The van der Waals surface area contributed by atoms with Crippen LogP contribution < -0.4 is 10.5 Å². The van der Waals surface area contributed by atoms with E-state index in [9.17, 15) is 0 Å². The van der Waals surface area contributed by atoms with Crippen LogP contribution in [0, 0.1) is 0 Å². The molecule has 0 aromatic heterocycles. The van der Waals surface area contributed by atoms with Crippen molar-refractivity contribution in [3.8, 4) is 5.75 Å². The molecule has 0 saturated heterocycles. The molecule has 0 saturated carbocycles. The Morgan fingerprint density at radius 3 is 2.50 bits per heavy atom. The van der Waals surface area contributed by atoms with Gasteiger partial charge in [0.2, 0.25) is 0 Å². The first-order chi connectivity index (χ1) is 8.79. The van der Waals surface area contributed by atoms with E-state index in [-0.39, 0.29) is 0 Å². The van der Waals surface area contributed by atoms with Gasteiger partial charge in [-0.2, -0.15) is 0 Å². The molecule has 3 heteroatoms. The molecule has 0 bridgehead atoms. The van der Waals surface area contributed by atoms with E-state index in [4.69, 9.17) is 15.2 Å². The van der Waals surface area contributed by atoms with Gasteiger partial charge in [-0.3, -0.25) is 0 Å². The zero-order chi connectivity index (χ0) is 12.8. The molecule has 2 aromatic carbocycles. The average Bonchev–Trinajstić information content (AvgIpc) is 2.40. The van der Waals surface area contributed by atoms with Gasteiger partial charge >= 0.3 is 0 Å². The van der Waals surface area contributed by atoms with Crippen LogP contribution in [0.4, 0.5) is 5.69 Å². The zero-order valence-electron chi connectivity index (χ0n) is 10.4. The fraction of sp³-hybridized carbons (Fsp3) is 0.200. The highest BCUT2D eigenvalue weighted by Gasteiger charge is 2.03. The second-order valence-corrected chi connectivity index (χ2v) is 4.05. The van der Waals surface area contributed by atoms with Crippen LogP contribution in [-0.2, 0) is 18.0 Å². The van der Waals surface area contributed by atoms with Crippen LogP contribution in [0.3, 0.4) is 0 Å². The average molecular weight is 243 g/mol. The number of ether oxygens (including phenoxy) is 2. The van der Waals surface area contributed by atoms with E-state index in [1.807, 2.05) is 48.5 Å². The van der Waals surface area contributed by atoms with Crippen molar-refractivity contribution in [2.75, 3.05) is 12.8 Å². The lowest BCUT2D eigenvalue weighted by atomic mass is 10.2. The number of rotatable bonds is 5. The molecule has 94 valence electrons. The topological polar surface area (TPSA) is 44.5 Å². The highest BCUT2D eigenvalue weighted by Crippen LogP contribution is 2.22. The molecule has 0 atom stereocenters. The van der Waals surface area contributed by atoms with Gasteiger partial charge in [0.1, 0.15) is 5.75 Å². The Hall–Kier alpha value is -2.00. The lowest BCUT2D eigenvalue weighted by Gasteiger charge is -2.10. The molecule has 2 N–H and O–H groups in total. The van der Waals surface area contributed by atoms with Crippen molar-refractivity contribution in [3.05, 3.63) is 59.7 Å². The van der Waals surface area contributed by atoms with E-state index >= 15 is 0 Å². The molecular formula is C15H17NO2. The van der Waals surface area contributed by atoms with Crippen LogP contribution >= 0.6 is 0 Å². The summed E-state index contributed by atoms with van der Waals surface area (Å²) in [6.45, 7) is 1.07. The van der Waals surface area contributed by atoms with Crippen molar-refractivity contribution in [3.63, 3.8) is 0 Å². The van der Waals surface area contributed by atoms with Gasteiger partial charge in [0.05, 0.1) is 20.3 Å². The predicted molar refractivity (Wildman–Crippen MR) is 72.3 cm³/mol.